The zero-order valence-electron chi connectivity index (χ0n) is 14.1. The quantitative estimate of drug-likeness (QED) is 0.353. The molecule has 0 radical (unpaired) electrons. The number of benzene rings is 1. The van der Waals surface area contributed by atoms with Gasteiger partial charge in [0, 0.05) is 13.6 Å². The number of aliphatic imine (C=N–C) groups is 1. The SMILES string of the molecule is CN(C#N)C(N)=Nc1ccc(C[C@H](N)C(=O)N2CCC[C@H]2C#N)cc1. The van der Waals surface area contributed by atoms with E-state index in [0.717, 1.165) is 16.9 Å². The molecule has 1 aromatic rings. The van der Waals surface area contributed by atoms with Crippen LogP contribution in [0.5, 0.6) is 0 Å². The van der Waals surface area contributed by atoms with Gasteiger partial charge in [0.15, 0.2) is 6.19 Å². The first-order valence-electron chi connectivity index (χ1n) is 7.98. The topological polar surface area (TPSA) is 136 Å². The molecule has 130 valence electrons. The molecule has 2 rings (SSSR count). The second kappa shape index (κ2) is 8.13. The molecule has 4 N–H and O–H groups in total. The summed E-state index contributed by atoms with van der Waals surface area (Å²) in [6.45, 7) is 0.587. The number of nitrogens with two attached hydrogens (primary N) is 2. The van der Waals surface area contributed by atoms with Crippen LogP contribution in [0.25, 0.3) is 0 Å². The average Bonchev–Trinajstić information content (AvgIpc) is 3.10. The van der Waals surface area contributed by atoms with Crippen molar-refractivity contribution in [3.05, 3.63) is 29.8 Å². The molecule has 1 amide bonds. The first-order chi connectivity index (χ1) is 12.0. The second-order valence-corrected chi connectivity index (χ2v) is 5.92. The Labute approximate surface area is 146 Å². The number of amides is 1. The highest BCUT2D eigenvalue weighted by Gasteiger charge is 2.31. The molecular weight excluding hydrogens is 318 g/mol. The number of nitriles is 2. The Hall–Kier alpha value is -3.10. The molecule has 1 aliphatic rings. The smallest absolute Gasteiger partial charge is 0.240 e. The molecule has 2 atom stereocenters. The Morgan fingerprint density at radius 1 is 1.44 bits per heavy atom. The molecular formula is C17H21N7O. The molecule has 0 bridgehead atoms. The largest absolute Gasteiger partial charge is 0.369 e. The first-order valence-corrected chi connectivity index (χ1v) is 7.98. The van der Waals surface area contributed by atoms with Crippen molar-refractivity contribution in [1.29, 1.82) is 10.5 Å². The summed E-state index contributed by atoms with van der Waals surface area (Å²) in [5.41, 5.74) is 13.2. The van der Waals surface area contributed by atoms with E-state index >= 15 is 0 Å². The number of nitrogens with zero attached hydrogens (tertiary/aromatic N) is 5. The second-order valence-electron chi connectivity index (χ2n) is 5.92. The van der Waals surface area contributed by atoms with E-state index in [1.54, 1.807) is 17.0 Å². The van der Waals surface area contributed by atoms with Crippen LogP contribution in [-0.2, 0) is 11.2 Å². The number of carbonyl (C=O) groups excluding carboxylic acids is 1. The van der Waals surface area contributed by atoms with Crippen molar-refractivity contribution in [1.82, 2.24) is 9.80 Å². The highest BCUT2D eigenvalue weighted by Crippen LogP contribution is 2.19. The lowest BCUT2D eigenvalue weighted by atomic mass is 10.0. The van der Waals surface area contributed by atoms with Gasteiger partial charge in [0.25, 0.3) is 0 Å². The van der Waals surface area contributed by atoms with Crippen LogP contribution in [0.2, 0.25) is 0 Å². The molecule has 1 aromatic carbocycles. The van der Waals surface area contributed by atoms with Gasteiger partial charge >= 0.3 is 0 Å². The third kappa shape index (κ3) is 4.46. The maximum atomic E-state index is 12.4. The number of likely N-dealkylation sites (tertiary alicyclic amines) is 1. The van der Waals surface area contributed by atoms with Crippen molar-refractivity contribution >= 4 is 17.6 Å². The van der Waals surface area contributed by atoms with Crippen molar-refractivity contribution in [2.45, 2.75) is 31.3 Å². The molecule has 1 aliphatic heterocycles. The first kappa shape index (κ1) is 18.2. The fourth-order valence-electron chi connectivity index (χ4n) is 2.68. The van der Waals surface area contributed by atoms with Crippen LogP contribution in [0.3, 0.4) is 0 Å². The van der Waals surface area contributed by atoms with E-state index in [-0.39, 0.29) is 17.9 Å². The lowest BCUT2D eigenvalue weighted by Gasteiger charge is -2.23. The van der Waals surface area contributed by atoms with E-state index in [4.69, 9.17) is 22.0 Å². The summed E-state index contributed by atoms with van der Waals surface area (Å²) in [7, 11) is 1.52. The van der Waals surface area contributed by atoms with Gasteiger partial charge in [-0.2, -0.15) is 10.5 Å². The Morgan fingerprint density at radius 2 is 2.12 bits per heavy atom. The number of hydrogen-bond acceptors (Lipinski definition) is 5. The fourth-order valence-corrected chi connectivity index (χ4v) is 2.68. The van der Waals surface area contributed by atoms with Gasteiger partial charge in [-0.05, 0) is 37.0 Å². The van der Waals surface area contributed by atoms with Crippen LogP contribution in [0.15, 0.2) is 29.3 Å². The van der Waals surface area contributed by atoms with Crippen molar-refractivity contribution in [2.75, 3.05) is 13.6 Å². The van der Waals surface area contributed by atoms with Crippen LogP contribution < -0.4 is 11.5 Å². The van der Waals surface area contributed by atoms with Crippen molar-refractivity contribution in [3.8, 4) is 12.3 Å². The molecule has 0 unspecified atom stereocenters. The summed E-state index contributed by atoms with van der Waals surface area (Å²) in [6, 6.07) is 8.23. The third-order valence-corrected chi connectivity index (χ3v) is 4.13. The summed E-state index contributed by atoms with van der Waals surface area (Å²) >= 11 is 0. The Balaban J connectivity index is 2.00. The molecule has 1 saturated heterocycles. The minimum atomic E-state index is -0.682. The lowest BCUT2D eigenvalue weighted by Crippen LogP contribution is -2.46. The Bertz CT molecular complexity index is 729. The molecule has 8 heteroatoms. The molecule has 0 aliphatic carbocycles. The normalized spacial score (nSPS) is 18.3. The average molecular weight is 339 g/mol. The minimum absolute atomic E-state index is 0.0960. The molecule has 8 nitrogen and oxygen atoms in total. The van der Waals surface area contributed by atoms with Gasteiger partial charge in [0.05, 0.1) is 17.8 Å². The van der Waals surface area contributed by atoms with Crippen LogP contribution in [-0.4, -0.2) is 47.3 Å². The predicted octanol–water partition coefficient (Wildman–Crippen LogP) is 0.430. The number of guanidine groups is 1. The van der Waals surface area contributed by atoms with Crippen LogP contribution in [0.4, 0.5) is 5.69 Å². The van der Waals surface area contributed by atoms with Crippen molar-refractivity contribution in [2.24, 2.45) is 16.5 Å². The molecule has 0 spiro atoms. The molecule has 1 fully saturated rings. The maximum absolute atomic E-state index is 12.4. The van der Waals surface area contributed by atoms with E-state index < -0.39 is 6.04 Å². The standard InChI is InChI=1S/C17H21N7O/c1-23(11-19)17(21)22-13-6-4-12(5-7-13)9-15(20)16(25)24-8-2-3-14(24)10-18/h4-7,14-15H,2-3,8-9,20H2,1H3,(H2,21,22)/t14-,15-/m0/s1. The molecule has 1 heterocycles. The highest BCUT2D eigenvalue weighted by molar-refractivity contribution is 5.83. The predicted molar refractivity (Wildman–Crippen MR) is 93.1 cm³/mol. The molecule has 0 saturated carbocycles. The van der Waals surface area contributed by atoms with E-state index in [2.05, 4.69) is 11.1 Å². The van der Waals surface area contributed by atoms with Crippen molar-refractivity contribution in [3.63, 3.8) is 0 Å². The van der Waals surface area contributed by atoms with E-state index in [0.29, 0.717) is 25.1 Å². The summed E-state index contributed by atoms with van der Waals surface area (Å²) in [6.07, 6.45) is 3.79. The lowest BCUT2D eigenvalue weighted by molar-refractivity contribution is -0.132. The highest BCUT2D eigenvalue weighted by atomic mass is 16.2. The minimum Gasteiger partial charge on any atom is -0.369 e. The third-order valence-electron chi connectivity index (χ3n) is 4.13. The zero-order valence-corrected chi connectivity index (χ0v) is 14.1. The molecule has 25 heavy (non-hydrogen) atoms. The number of rotatable bonds is 4. The van der Waals surface area contributed by atoms with Gasteiger partial charge in [0.1, 0.15) is 6.04 Å². The van der Waals surface area contributed by atoms with Gasteiger partial charge in [-0.15, -0.1) is 0 Å². The fraction of sp³-hybridized carbons (Fsp3) is 0.412. The monoisotopic (exact) mass is 339 g/mol. The maximum Gasteiger partial charge on any atom is 0.240 e. The van der Waals surface area contributed by atoms with E-state index in [1.807, 2.05) is 18.3 Å². The van der Waals surface area contributed by atoms with Crippen LogP contribution >= 0.6 is 0 Å². The summed E-state index contributed by atoms with van der Waals surface area (Å²) in [5.74, 6) is -0.0928. The summed E-state index contributed by atoms with van der Waals surface area (Å²) < 4.78 is 0. The van der Waals surface area contributed by atoms with Gasteiger partial charge in [0.2, 0.25) is 11.9 Å². The number of hydrogen-bond donors (Lipinski definition) is 2. The van der Waals surface area contributed by atoms with Gasteiger partial charge in [-0.3, -0.25) is 9.69 Å². The van der Waals surface area contributed by atoms with Crippen molar-refractivity contribution < 1.29 is 4.79 Å². The van der Waals surface area contributed by atoms with Gasteiger partial charge in [-0.25, -0.2) is 4.99 Å². The van der Waals surface area contributed by atoms with Gasteiger partial charge in [-0.1, -0.05) is 12.1 Å². The zero-order chi connectivity index (χ0) is 18.4. The van der Waals surface area contributed by atoms with Crippen LogP contribution in [0.1, 0.15) is 18.4 Å². The van der Waals surface area contributed by atoms with Gasteiger partial charge < -0.3 is 16.4 Å². The Kier molecular flexibility index (Phi) is 5.93. The van der Waals surface area contributed by atoms with Crippen LogP contribution in [0, 0.1) is 22.8 Å². The number of carbonyl (C=O) groups is 1. The summed E-state index contributed by atoms with van der Waals surface area (Å²) in [5, 5.41) is 17.8. The van der Waals surface area contributed by atoms with E-state index in [9.17, 15) is 4.79 Å². The summed E-state index contributed by atoms with van der Waals surface area (Å²) in [4.78, 5) is 19.3. The molecule has 0 aromatic heterocycles. The Morgan fingerprint density at radius 3 is 2.72 bits per heavy atom. The van der Waals surface area contributed by atoms with E-state index in [1.165, 1.54) is 7.05 Å².